The zero-order valence-corrected chi connectivity index (χ0v) is 24.1. The molecule has 38 heavy (non-hydrogen) atoms. The van der Waals surface area contributed by atoms with Crippen molar-refractivity contribution in [2.45, 2.75) is 12.8 Å². The Morgan fingerprint density at radius 3 is 1.92 bits per heavy atom. The maximum atomic E-state index is 13.4. The van der Waals surface area contributed by atoms with E-state index in [-0.39, 0.29) is 30.7 Å². The maximum Gasteiger partial charge on any atom is 0.258 e. The zero-order chi connectivity index (χ0) is 25.9. The molecule has 0 unspecified atom stereocenters. The van der Waals surface area contributed by atoms with Crippen molar-refractivity contribution in [2.75, 3.05) is 60.0 Å². The third-order valence-electron chi connectivity index (χ3n) is 6.00. The Bertz CT molecular complexity index is 1130. The monoisotopic (exact) mass is 565 g/mol. The van der Waals surface area contributed by atoms with Crippen LogP contribution in [0.1, 0.15) is 22.3 Å². The molecule has 3 rings (SSSR count). The minimum Gasteiger partial charge on any atom is -0.493 e. The predicted molar refractivity (Wildman–Crippen MR) is 155 cm³/mol. The number of ether oxygens (including phenoxy) is 4. The summed E-state index contributed by atoms with van der Waals surface area (Å²) in [5, 5.41) is 0. The van der Waals surface area contributed by atoms with Gasteiger partial charge in [0.15, 0.2) is 23.0 Å². The number of amides is 1. The smallest absolute Gasteiger partial charge is 0.258 e. The van der Waals surface area contributed by atoms with Crippen LogP contribution >= 0.6 is 24.8 Å². The van der Waals surface area contributed by atoms with Crippen LogP contribution in [0.4, 0.5) is 5.69 Å². The fourth-order valence-electron chi connectivity index (χ4n) is 3.96. The van der Waals surface area contributed by atoms with Crippen LogP contribution in [0.15, 0.2) is 60.9 Å². The molecule has 1 amide bonds. The first-order valence-corrected chi connectivity index (χ1v) is 11.8. The van der Waals surface area contributed by atoms with Crippen LogP contribution in [-0.4, -0.2) is 70.9 Å². The fourth-order valence-corrected chi connectivity index (χ4v) is 3.96. The van der Waals surface area contributed by atoms with E-state index in [1.165, 1.54) is 5.56 Å². The summed E-state index contributed by atoms with van der Waals surface area (Å²) in [6.45, 7) is 2.27. The number of pyridine rings is 1. The summed E-state index contributed by atoms with van der Waals surface area (Å²) >= 11 is 0. The lowest BCUT2D eigenvalue weighted by molar-refractivity contribution is 0.0985. The van der Waals surface area contributed by atoms with Crippen LogP contribution in [-0.2, 0) is 6.42 Å². The molecule has 1 aromatic heterocycles. The Kier molecular flexibility index (Phi) is 14.3. The van der Waals surface area contributed by atoms with Gasteiger partial charge < -0.3 is 28.7 Å². The molecule has 0 spiro atoms. The molecule has 0 bridgehead atoms. The number of likely N-dealkylation sites (N-methyl/N-ethyl adjacent to an activating group) is 1. The van der Waals surface area contributed by atoms with Crippen LogP contribution in [0.25, 0.3) is 0 Å². The van der Waals surface area contributed by atoms with Crippen molar-refractivity contribution in [1.29, 1.82) is 0 Å². The number of carbonyl (C=O) groups excluding carboxylic acids is 1. The number of anilines is 1. The van der Waals surface area contributed by atoms with Gasteiger partial charge in [-0.15, -0.1) is 24.8 Å². The number of nitrogens with zero attached hydrogens (tertiary/aromatic N) is 3. The molecule has 2 aromatic carbocycles. The van der Waals surface area contributed by atoms with Gasteiger partial charge in [-0.1, -0.05) is 6.07 Å². The number of aromatic nitrogens is 1. The highest BCUT2D eigenvalue weighted by Crippen LogP contribution is 2.32. The molecule has 8 nitrogen and oxygen atoms in total. The summed E-state index contributed by atoms with van der Waals surface area (Å²) in [5.74, 6) is 2.57. The molecule has 0 atom stereocenters. The van der Waals surface area contributed by atoms with Crippen molar-refractivity contribution in [2.24, 2.45) is 0 Å². The molecule has 1 heterocycles. The van der Waals surface area contributed by atoms with Crippen molar-refractivity contribution >= 4 is 36.4 Å². The summed E-state index contributed by atoms with van der Waals surface area (Å²) in [6.07, 6.45) is 4.93. The molecular weight excluding hydrogens is 529 g/mol. The summed E-state index contributed by atoms with van der Waals surface area (Å²) in [5.41, 5.74) is 2.52. The van der Waals surface area contributed by atoms with Gasteiger partial charge in [0.05, 0.1) is 28.4 Å². The molecule has 3 aromatic rings. The van der Waals surface area contributed by atoms with E-state index in [1.807, 2.05) is 30.3 Å². The molecule has 0 aliphatic rings. The first-order chi connectivity index (χ1) is 17.5. The Morgan fingerprint density at radius 2 is 1.32 bits per heavy atom. The van der Waals surface area contributed by atoms with E-state index in [0.29, 0.717) is 23.6 Å². The van der Waals surface area contributed by atoms with E-state index in [2.05, 4.69) is 23.0 Å². The van der Waals surface area contributed by atoms with Gasteiger partial charge in [-0.2, -0.15) is 0 Å². The van der Waals surface area contributed by atoms with Gasteiger partial charge in [-0.05, 0) is 68.4 Å². The molecule has 10 heteroatoms. The van der Waals surface area contributed by atoms with Crippen molar-refractivity contribution < 1.29 is 23.7 Å². The van der Waals surface area contributed by atoms with Crippen LogP contribution in [0, 0.1) is 0 Å². The van der Waals surface area contributed by atoms with Crippen LogP contribution in [0.2, 0.25) is 0 Å². The molecule has 0 aliphatic heterocycles. The fraction of sp³-hybridized carbons (Fsp3) is 0.357. The normalized spacial score (nSPS) is 10.2. The van der Waals surface area contributed by atoms with E-state index in [9.17, 15) is 4.79 Å². The number of methoxy groups -OCH3 is 4. The van der Waals surface area contributed by atoms with Gasteiger partial charge in [-0.25, -0.2) is 0 Å². The van der Waals surface area contributed by atoms with Crippen LogP contribution < -0.4 is 23.8 Å². The summed E-state index contributed by atoms with van der Waals surface area (Å²) in [6, 6.07) is 15.0. The summed E-state index contributed by atoms with van der Waals surface area (Å²) < 4.78 is 21.6. The number of halogens is 2. The largest absolute Gasteiger partial charge is 0.493 e. The molecule has 0 saturated heterocycles. The third kappa shape index (κ3) is 8.68. The van der Waals surface area contributed by atoms with Gasteiger partial charge >= 0.3 is 0 Å². The van der Waals surface area contributed by atoms with Crippen LogP contribution in [0.3, 0.4) is 0 Å². The Labute approximate surface area is 237 Å². The SMILES string of the molecule is COc1ccc(CCN(C)CCCN(C(=O)c2ccncc2)c2ccc(OC)c(OC)c2)cc1OC.Cl.Cl. The molecule has 0 radical (unpaired) electrons. The first kappa shape index (κ1) is 32.8. The number of hydrogen-bond donors (Lipinski definition) is 0. The average Bonchev–Trinajstić information content (AvgIpc) is 2.93. The van der Waals surface area contributed by atoms with Gasteiger partial charge in [0, 0.05) is 42.8 Å². The summed E-state index contributed by atoms with van der Waals surface area (Å²) in [7, 11) is 8.55. The number of carbonyl (C=O) groups is 1. The molecule has 0 fully saturated rings. The standard InChI is InChI=1S/C28H35N3O5.2ClH/c1-30(18-13-21-7-9-24(33-2)26(19-21)35-4)16-6-17-31(28(32)22-11-14-29-15-12-22)23-8-10-25(34-3)27(20-23)36-5;;/h7-12,14-15,19-20H,6,13,16-18H2,1-5H3;2*1H. The second-order valence-corrected chi connectivity index (χ2v) is 8.33. The van der Waals surface area contributed by atoms with Crippen LogP contribution in [0.5, 0.6) is 23.0 Å². The first-order valence-electron chi connectivity index (χ1n) is 11.8. The Hall–Kier alpha value is -3.20. The highest BCUT2D eigenvalue weighted by atomic mass is 35.5. The van der Waals surface area contributed by atoms with Gasteiger partial charge in [-0.3, -0.25) is 9.78 Å². The zero-order valence-electron chi connectivity index (χ0n) is 22.5. The Morgan fingerprint density at radius 1 is 0.737 bits per heavy atom. The van der Waals surface area contributed by atoms with E-state index in [4.69, 9.17) is 18.9 Å². The lowest BCUT2D eigenvalue weighted by atomic mass is 10.1. The number of benzene rings is 2. The van der Waals surface area contributed by atoms with Crippen molar-refractivity contribution in [3.63, 3.8) is 0 Å². The number of hydrogen-bond acceptors (Lipinski definition) is 7. The summed E-state index contributed by atoms with van der Waals surface area (Å²) in [4.78, 5) is 21.5. The average molecular weight is 567 g/mol. The maximum absolute atomic E-state index is 13.4. The topological polar surface area (TPSA) is 73.4 Å². The molecule has 0 aliphatic carbocycles. The lowest BCUT2D eigenvalue weighted by Crippen LogP contribution is -2.34. The second kappa shape index (κ2) is 16.6. The minimum atomic E-state index is -0.0856. The second-order valence-electron chi connectivity index (χ2n) is 8.33. The Balaban J connectivity index is 0.00000361. The highest BCUT2D eigenvalue weighted by molar-refractivity contribution is 6.06. The molecule has 208 valence electrons. The minimum absolute atomic E-state index is 0. The lowest BCUT2D eigenvalue weighted by Gasteiger charge is -2.25. The molecular formula is C28H37Cl2N3O5. The van der Waals surface area contributed by atoms with E-state index in [1.54, 1.807) is 57.9 Å². The molecule has 0 saturated carbocycles. The predicted octanol–water partition coefficient (Wildman–Crippen LogP) is 5.17. The van der Waals surface area contributed by atoms with E-state index >= 15 is 0 Å². The quantitative estimate of drug-likeness (QED) is 0.283. The molecule has 0 N–H and O–H groups in total. The van der Waals surface area contributed by atoms with E-state index in [0.717, 1.165) is 43.1 Å². The van der Waals surface area contributed by atoms with Gasteiger partial charge in [0.1, 0.15) is 0 Å². The number of rotatable bonds is 13. The van der Waals surface area contributed by atoms with Gasteiger partial charge in [0.25, 0.3) is 5.91 Å². The van der Waals surface area contributed by atoms with Crippen molar-refractivity contribution in [1.82, 2.24) is 9.88 Å². The van der Waals surface area contributed by atoms with Crippen molar-refractivity contribution in [3.8, 4) is 23.0 Å². The highest BCUT2D eigenvalue weighted by Gasteiger charge is 2.19. The van der Waals surface area contributed by atoms with E-state index < -0.39 is 0 Å². The van der Waals surface area contributed by atoms with Crippen molar-refractivity contribution in [3.05, 3.63) is 72.1 Å². The van der Waals surface area contributed by atoms with Gasteiger partial charge in [0.2, 0.25) is 0 Å². The third-order valence-corrected chi connectivity index (χ3v) is 6.00.